The van der Waals surface area contributed by atoms with Gasteiger partial charge in [0.15, 0.2) is 0 Å². The van der Waals surface area contributed by atoms with Crippen molar-refractivity contribution in [1.82, 2.24) is 4.90 Å². The number of carbonyl (C=O) groups is 2. The number of methoxy groups -OCH3 is 1. The van der Waals surface area contributed by atoms with E-state index in [0.29, 0.717) is 10.8 Å². The Kier molecular flexibility index (Phi) is 5.91. The molecule has 2 aromatic carbocycles. The van der Waals surface area contributed by atoms with Crippen molar-refractivity contribution >= 4 is 23.5 Å². The summed E-state index contributed by atoms with van der Waals surface area (Å²) in [6.07, 6.45) is -0.760. The lowest BCUT2D eigenvalue weighted by atomic mass is 9.72. The number of ether oxygens (including phenoxy) is 1. The summed E-state index contributed by atoms with van der Waals surface area (Å²) in [4.78, 5) is 26.8. The van der Waals surface area contributed by atoms with Crippen LogP contribution in [0.15, 0.2) is 48.5 Å². The maximum atomic E-state index is 13.1. The van der Waals surface area contributed by atoms with Gasteiger partial charge >= 0.3 is 5.97 Å². The number of hydrogen-bond donors (Lipinski definition) is 2. The summed E-state index contributed by atoms with van der Waals surface area (Å²) in [7, 11) is 1.46. The molecule has 1 heterocycles. The van der Waals surface area contributed by atoms with Gasteiger partial charge in [-0.2, -0.15) is 0 Å². The topological polar surface area (TPSA) is 87.1 Å². The third-order valence-corrected chi connectivity index (χ3v) is 5.49. The summed E-state index contributed by atoms with van der Waals surface area (Å²) in [5.41, 5.74) is -0.426. The Hall–Kier alpha value is -2.57. The molecule has 0 spiro atoms. The number of aliphatic hydroxyl groups is 1. The van der Waals surface area contributed by atoms with Crippen molar-refractivity contribution in [3.63, 3.8) is 0 Å². The molecule has 1 amide bonds. The minimum Gasteiger partial charge on any atom is -0.496 e. The SMILES string of the molecule is COc1ccc(Cl)cc1C(=O)N1CC[C@H](O)[C@](Cc2ccccc2)(C(=O)O)C1. The summed E-state index contributed by atoms with van der Waals surface area (Å²) in [5, 5.41) is 21.0. The van der Waals surface area contributed by atoms with Gasteiger partial charge in [-0.1, -0.05) is 41.9 Å². The van der Waals surface area contributed by atoms with E-state index in [2.05, 4.69) is 0 Å². The normalized spacial score (nSPS) is 22.0. The first-order valence-electron chi connectivity index (χ1n) is 8.95. The fourth-order valence-electron chi connectivity index (χ4n) is 3.69. The number of benzene rings is 2. The Morgan fingerprint density at radius 3 is 2.61 bits per heavy atom. The molecule has 0 saturated carbocycles. The Bertz CT molecular complexity index is 872. The van der Waals surface area contributed by atoms with Crippen molar-refractivity contribution in [2.75, 3.05) is 20.2 Å². The fraction of sp³-hybridized carbons (Fsp3) is 0.333. The van der Waals surface area contributed by atoms with Gasteiger partial charge in [0.25, 0.3) is 5.91 Å². The van der Waals surface area contributed by atoms with Crippen LogP contribution in [0.1, 0.15) is 22.3 Å². The number of amides is 1. The zero-order valence-corrected chi connectivity index (χ0v) is 16.2. The van der Waals surface area contributed by atoms with Crippen LogP contribution in [0, 0.1) is 5.41 Å². The maximum Gasteiger partial charge on any atom is 0.314 e. The minimum atomic E-state index is -1.49. The molecule has 0 aromatic heterocycles. The highest BCUT2D eigenvalue weighted by atomic mass is 35.5. The molecule has 0 aliphatic carbocycles. The van der Waals surface area contributed by atoms with Gasteiger partial charge in [0.1, 0.15) is 11.2 Å². The first-order valence-corrected chi connectivity index (χ1v) is 9.33. The molecule has 7 heteroatoms. The predicted molar refractivity (Wildman–Crippen MR) is 105 cm³/mol. The highest BCUT2D eigenvalue weighted by Crippen LogP contribution is 2.36. The molecule has 148 valence electrons. The van der Waals surface area contributed by atoms with Crippen molar-refractivity contribution in [3.05, 3.63) is 64.7 Å². The summed E-state index contributed by atoms with van der Waals surface area (Å²) in [6, 6.07) is 13.8. The molecule has 2 N–H and O–H groups in total. The van der Waals surface area contributed by atoms with Gasteiger partial charge in [0.2, 0.25) is 0 Å². The molecule has 1 aliphatic heterocycles. The van der Waals surface area contributed by atoms with Crippen LogP contribution in [-0.2, 0) is 11.2 Å². The smallest absolute Gasteiger partial charge is 0.314 e. The first-order chi connectivity index (χ1) is 13.4. The van der Waals surface area contributed by atoms with Crippen molar-refractivity contribution in [2.45, 2.75) is 18.9 Å². The van der Waals surface area contributed by atoms with Crippen molar-refractivity contribution in [2.24, 2.45) is 5.41 Å². The number of aliphatic carboxylic acids is 1. The lowest BCUT2D eigenvalue weighted by Gasteiger charge is -2.43. The van der Waals surface area contributed by atoms with Crippen LogP contribution in [0.5, 0.6) is 5.75 Å². The monoisotopic (exact) mass is 403 g/mol. The van der Waals surface area contributed by atoms with E-state index >= 15 is 0 Å². The molecule has 1 saturated heterocycles. The standard InChI is InChI=1S/C21H22ClNO5/c1-28-17-8-7-15(22)11-16(17)19(25)23-10-9-18(24)21(13-23,20(26)27)12-14-5-3-2-4-6-14/h2-8,11,18,24H,9-10,12-13H2,1H3,(H,26,27)/t18-,21+/m0/s1. The summed E-state index contributed by atoms with van der Waals surface area (Å²) < 4.78 is 5.26. The summed E-state index contributed by atoms with van der Waals surface area (Å²) >= 11 is 6.03. The number of carboxylic acids is 1. The van der Waals surface area contributed by atoms with E-state index < -0.39 is 17.5 Å². The van der Waals surface area contributed by atoms with Gasteiger partial charge in [-0.3, -0.25) is 9.59 Å². The molecule has 2 atom stereocenters. The van der Waals surface area contributed by atoms with Crippen molar-refractivity contribution in [3.8, 4) is 5.75 Å². The Morgan fingerprint density at radius 1 is 1.25 bits per heavy atom. The Labute approximate surface area is 168 Å². The van der Waals surface area contributed by atoms with Crippen LogP contribution in [0.4, 0.5) is 0 Å². The molecule has 2 aromatic rings. The van der Waals surface area contributed by atoms with Gasteiger partial charge in [-0.05, 0) is 36.6 Å². The van der Waals surface area contributed by atoms with Crippen molar-refractivity contribution in [1.29, 1.82) is 0 Å². The van der Waals surface area contributed by atoms with Gasteiger partial charge in [-0.25, -0.2) is 0 Å². The van der Waals surface area contributed by atoms with Gasteiger partial charge in [0.05, 0.1) is 18.8 Å². The average molecular weight is 404 g/mol. The fourth-order valence-corrected chi connectivity index (χ4v) is 3.86. The van der Waals surface area contributed by atoms with Crippen LogP contribution < -0.4 is 4.74 Å². The number of aliphatic hydroxyl groups excluding tert-OH is 1. The third-order valence-electron chi connectivity index (χ3n) is 5.25. The number of carboxylic acid groups (broad SMARTS) is 1. The second-order valence-electron chi connectivity index (χ2n) is 7.00. The number of halogens is 1. The van der Waals surface area contributed by atoms with Crippen LogP contribution in [0.3, 0.4) is 0 Å². The molecule has 1 aliphatic rings. The second-order valence-corrected chi connectivity index (χ2v) is 7.44. The predicted octanol–water partition coefficient (Wildman–Crippen LogP) is 2.87. The van der Waals surface area contributed by atoms with Crippen molar-refractivity contribution < 1.29 is 24.5 Å². The van der Waals surface area contributed by atoms with Crippen LogP contribution in [-0.4, -0.2) is 53.3 Å². The molecule has 1 fully saturated rings. The van der Waals surface area contributed by atoms with E-state index in [4.69, 9.17) is 16.3 Å². The minimum absolute atomic E-state index is 0.104. The summed E-state index contributed by atoms with van der Waals surface area (Å²) in [6.45, 7) is 0.145. The maximum absolute atomic E-state index is 13.1. The average Bonchev–Trinajstić information content (AvgIpc) is 2.69. The van der Waals surface area contributed by atoms with E-state index in [9.17, 15) is 19.8 Å². The highest BCUT2D eigenvalue weighted by Gasteiger charge is 2.50. The lowest BCUT2D eigenvalue weighted by Crippen LogP contribution is -2.58. The van der Waals surface area contributed by atoms with Crippen LogP contribution >= 0.6 is 11.6 Å². The second kappa shape index (κ2) is 8.20. The third kappa shape index (κ3) is 3.84. The number of piperidine rings is 1. The molecular formula is C21H22ClNO5. The van der Waals surface area contributed by atoms with Gasteiger partial charge in [-0.15, -0.1) is 0 Å². The van der Waals surface area contributed by atoms with E-state index in [1.807, 2.05) is 30.3 Å². The summed E-state index contributed by atoms with van der Waals surface area (Å²) in [5.74, 6) is -1.13. The lowest BCUT2D eigenvalue weighted by molar-refractivity contribution is -0.161. The Morgan fingerprint density at radius 2 is 1.96 bits per heavy atom. The number of nitrogens with zero attached hydrogens (tertiary/aromatic N) is 1. The number of rotatable bonds is 5. The van der Waals surface area contributed by atoms with Crippen LogP contribution in [0.25, 0.3) is 0 Å². The first kappa shape index (κ1) is 20.2. The zero-order chi connectivity index (χ0) is 20.3. The van der Waals surface area contributed by atoms with Gasteiger partial charge < -0.3 is 19.8 Å². The Balaban J connectivity index is 1.93. The molecule has 0 bridgehead atoms. The zero-order valence-electron chi connectivity index (χ0n) is 15.5. The number of likely N-dealkylation sites (tertiary alicyclic amines) is 1. The van der Waals surface area contributed by atoms with E-state index in [-0.39, 0.29) is 37.4 Å². The van der Waals surface area contributed by atoms with Crippen LogP contribution in [0.2, 0.25) is 5.02 Å². The molecule has 28 heavy (non-hydrogen) atoms. The quantitative estimate of drug-likeness (QED) is 0.801. The molecule has 6 nitrogen and oxygen atoms in total. The highest BCUT2D eigenvalue weighted by molar-refractivity contribution is 6.31. The number of carbonyl (C=O) groups excluding carboxylic acids is 1. The van der Waals surface area contributed by atoms with E-state index in [1.54, 1.807) is 12.1 Å². The molecule has 0 unspecified atom stereocenters. The largest absolute Gasteiger partial charge is 0.496 e. The number of hydrogen-bond acceptors (Lipinski definition) is 4. The molecule has 0 radical (unpaired) electrons. The van der Waals surface area contributed by atoms with E-state index in [0.717, 1.165) is 5.56 Å². The van der Waals surface area contributed by atoms with Gasteiger partial charge in [0, 0.05) is 18.1 Å². The van der Waals surface area contributed by atoms with E-state index in [1.165, 1.54) is 18.1 Å². The molecular weight excluding hydrogens is 382 g/mol. The molecule has 3 rings (SSSR count).